The lowest BCUT2D eigenvalue weighted by molar-refractivity contribution is 0.410. The highest BCUT2D eigenvalue weighted by Gasteiger charge is 2.27. The highest BCUT2D eigenvalue weighted by atomic mass is 79.9. The van der Waals surface area contributed by atoms with Gasteiger partial charge in [0, 0.05) is 18.3 Å². The van der Waals surface area contributed by atoms with E-state index in [0.29, 0.717) is 12.1 Å². The molecule has 3 heteroatoms. The summed E-state index contributed by atoms with van der Waals surface area (Å²) in [6.45, 7) is 6.66. The second kappa shape index (κ2) is 4.74. The van der Waals surface area contributed by atoms with Crippen LogP contribution in [0.4, 0.5) is 5.82 Å². The topological polar surface area (TPSA) is 16.1 Å². The minimum absolute atomic E-state index is 0.593. The molecule has 88 valence electrons. The van der Waals surface area contributed by atoms with Crippen LogP contribution in [0.25, 0.3) is 0 Å². The molecule has 2 unspecified atom stereocenters. The molecule has 1 aliphatic heterocycles. The van der Waals surface area contributed by atoms with Crippen LogP contribution in [0.5, 0.6) is 0 Å². The molecule has 0 spiro atoms. The fraction of sp³-hybridized carbons (Fsp3) is 0.615. The van der Waals surface area contributed by atoms with Gasteiger partial charge in [0.1, 0.15) is 5.82 Å². The average molecular weight is 283 g/mol. The van der Waals surface area contributed by atoms with Gasteiger partial charge in [0.2, 0.25) is 0 Å². The van der Waals surface area contributed by atoms with Crippen molar-refractivity contribution in [2.24, 2.45) is 0 Å². The van der Waals surface area contributed by atoms with Crippen molar-refractivity contribution in [1.29, 1.82) is 0 Å². The second-order valence-corrected chi connectivity index (χ2v) is 5.71. The van der Waals surface area contributed by atoms with E-state index < -0.39 is 0 Å². The van der Waals surface area contributed by atoms with Crippen molar-refractivity contribution in [3.8, 4) is 0 Å². The van der Waals surface area contributed by atoms with E-state index in [0.717, 1.165) is 10.3 Å². The van der Waals surface area contributed by atoms with Gasteiger partial charge in [0.15, 0.2) is 0 Å². The van der Waals surface area contributed by atoms with Gasteiger partial charge in [0.05, 0.1) is 4.47 Å². The van der Waals surface area contributed by atoms with E-state index in [1.165, 1.54) is 24.8 Å². The molecule has 2 nitrogen and oxygen atoms in total. The molecule has 0 aromatic carbocycles. The molecule has 0 bridgehead atoms. The Labute approximate surface area is 106 Å². The summed E-state index contributed by atoms with van der Waals surface area (Å²) in [6.07, 6.45) is 5.83. The van der Waals surface area contributed by atoms with Crippen LogP contribution in [0.15, 0.2) is 16.7 Å². The lowest BCUT2D eigenvalue weighted by atomic mass is 9.97. The summed E-state index contributed by atoms with van der Waals surface area (Å²) in [5.74, 6) is 1.10. The SMILES string of the molecule is Cc1cnc(N2C(C)CCCC2C)c(Br)c1. The highest BCUT2D eigenvalue weighted by molar-refractivity contribution is 9.10. The van der Waals surface area contributed by atoms with Crippen molar-refractivity contribution >= 4 is 21.7 Å². The molecule has 1 aromatic heterocycles. The number of hydrogen-bond donors (Lipinski definition) is 0. The molecule has 2 heterocycles. The molecule has 2 rings (SSSR count). The number of aryl methyl sites for hydroxylation is 1. The lowest BCUT2D eigenvalue weighted by Crippen LogP contribution is -2.44. The van der Waals surface area contributed by atoms with E-state index in [4.69, 9.17) is 0 Å². The van der Waals surface area contributed by atoms with Crippen LogP contribution in [0.3, 0.4) is 0 Å². The number of aromatic nitrogens is 1. The number of pyridine rings is 1. The predicted molar refractivity (Wildman–Crippen MR) is 71.9 cm³/mol. The van der Waals surface area contributed by atoms with Gasteiger partial charge in [0.25, 0.3) is 0 Å². The zero-order chi connectivity index (χ0) is 11.7. The van der Waals surface area contributed by atoms with E-state index in [1.54, 1.807) is 0 Å². The van der Waals surface area contributed by atoms with Gasteiger partial charge in [-0.25, -0.2) is 4.98 Å². The Hall–Kier alpha value is -0.570. The second-order valence-electron chi connectivity index (χ2n) is 4.85. The Balaban J connectivity index is 2.34. The minimum atomic E-state index is 0.593. The molecule has 0 aliphatic carbocycles. The summed E-state index contributed by atoms with van der Waals surface area (Å²) >= 11 is 3.63. The van der Waals surface area contributed by atoms with E-state index in [-0.39, 0.29) is 0 Å². The van der Waals surface area contributed by atoms with Crippen LogP contribution >= 0.6 is 15.9 Å². The Morgan fingerprint density at radius 1 is 1.31 bits per heavy atom. The fourth-order valence-corrected chi connectivity index (χ4v) is 3.22. The summed E-state index contributed by atoms with van der Waals surface area (Å²) in [7, 11) is 0. The first-order valence-electron chi connectivity index (χ1n) is 6.00. The first-order valence-corrected chi connectivity index (χ1v) is 6.79. The summed E-state index contributed by atoms with van der Waals surface area (Å²) in [5, 5.41) is 0. The van der Waals surface area contributed by atoms with Crippen molar-refractivity contribution in [1.82, 2.24) is 4.98 Å². The summed E-state index contributed by atoms with van der Waals surface area (Å²) in [6, 6.07) is 3.33. The van der Waals surface area contributed by atoms with E-state index in [1.807, 2.05) is 6.20 Å². The minimum Gasteiger partial charge on any atom is -0.350 e. The fourth-order valence-electron chi connectivity index (χ4n) is 2.56. The van der Waals surface area contributed by atoms with Crippen molar-refractivity contribution in [3.05, 3.63) is 22.3 Å². The quantitative estimate of drug-likeness (QED) is 0.776. The molecular formula is C13H19BrN2. The normalized spacial score (nSPS) is 25.9. The van der Waals surface area contributed by atoms with Gasteiger partial charge in [-0.1, -0.05) is 0 Å². The number of rotatable bonds is 1. The first-order chi connectivity index (χ1) is 7.59. The first kappa shape index (κ1) is 11.9. The number of hydrogen-bond acceptors (Lipinski definition) is 2. The smallest absolute Gasteiger partial charge is 0.143 e. The van der Waals surface area contributed by atoms with Crippen LogP contribution in [-0.4, -0.2) is 17.1 Å². The molecule has 0 radical (unpaired) electrons. The number of halogens is 1. The maximum Gasteiger partial charge on any atom is 0.143 e. The standard InChI is InChI=1S/C13H19BrN2/c1-9-7-12(14)13(15-8-9)16-10(2)5-4-6-11(16)3/h7-8,10-11H,4-6H2,1-3H3. The van der Waals surface area contributed by atoms with Gasteiger partial charge >= 0.3 is 0 Å². The van der Waals surface area contributed by atoms with Crippen LogP contribution in [0.1, 0.15) is 38.7 Å². The van der Waals surface area contributed by atoms with Gasteiger partial charge < -0.3 is 4.90 Å². The van der Waals surface area contributed by atoms with Gasteiger partial charge in [-0.05, 0) is 67.6 Å². The zero-order valence-electron chi connectivity index (χ0n) is 10.2. The molecule has 1 saturated heterocycles. The summed E-state index contributed by atoms with van der Waals surface area (Å²) in [5.41, 5.74) is 1.20. The van der Waals surface area contributed by atoms with Crippen molar-refractivity contribution in [3.63, 3.8) is 0 Å². The van der Waals surface area contributed by atoms with E-state index in [9.17, 15) is 0 Å². The highest BCUT2D eigenvalue weighted by Crippen LogP contribution is 2.32. The Morgan fingerprint density at radius 2 is 1.94 bits per heavy atom. The Morgan fingerprint density at radius 3 is 2.50 bits per heavy atom. The average Bonchev–Trinajstić information content (AvgIpc) is 2.20. The molecule has 0 saturated carbocycles. The van der Waals surface area contributed by atoms with E-state index in [2.05, 4.69) is 52.7 Å². The van der Waals surface area contributed by atoms with Crippen LogP contribution < -0.4 is 4.90 Å². The third-order valence-corrected chi connectivity index (χ3v) is 3.98. The van der Waals surface area contributed by atoms with Crippen molar-refractivity contribution in [2.45, 2.75) is 52.1 Å². The number of nitrogens with zero attached hydrogens (tertiary/aromatic N) is 2. The summed E-state index contributed by atoms with van der Waals surface area (Å²) < 4.78 is 1.12. The van der Waals surface area contributed by atoms with Crippen molar-refractivity contribution < 1.29 is 0 Å². The van der Waals surface area contributed by atoms with Gasteiger partial charge in [-0.15, -0.1) is 0 Å². The van der Waals surface area contributed by atoms with Gasteiger partial charge in [-0.2, -0.15) is 0 Å². The monoisotopic (exact) mass is 282 g/mol. The molecule has 0 amide bonds. The molecule has 16 heavy (non-hydrogen) atoms. The maximum absolute atomic E-state index is 4.58. The predicted octanol–water partition coefficient (Wildman–Crippen LogP) is 3.92. The van der Waals surface area contributed by atoms with Crippen LogP contribution in [-0.2, 0) is 0 Å². The third-order valence-electron chi connectivity index (χ3n) is 3.40. The Kier molecular flexibility index (Phi) is 3.53. The number of piperidine rings is 1. The molecule has 0 N–H and O–H groups in total. The molecule has 1 aliphatic rings. The zero-order valence-corrected chi connectivity index (χ0v) is 11.8. The maximum atomic E-state index is 4.58. The summed E-state index contributed by atoms with van der Waals surface area (Å²) in [4.78, 5) is 7.03. The molecular weight excluding hydrogens is 264 g/mol. The molecule has 2 atom stereocenters. The largest absolute Gasteiger partial charge is 0.350 e. The van der Waals surface area contributed by atoms with Crippen LogP contribution in [0, 0.1) is 6.92 Å². The van der Waals surface area contributed by atoms with E-state index >= 15 is 0 Å². The Bertz CT molecular complexity index is 368. The third kappa shape index (κ3) is 2.24. The molecule has 1 aromatic rings. The van der Waals surface area contributed by atoms with Crippen molar-refractivity contribution in [2.75, 3.05) is 4.90 Å². The van der Waals surface area contributed by atoms with Gasteiger partial charge in [-0.3, -0.25) is 0 Å². The number of anilines is 1. The molecule has 1 fully saturated rings. The van der Waals surface area contributed by atoms with Crippen LogP contribution in [0.2, 0.25) is 0 Å². The lowest BCUT2D eigenvalue weighted by Gasteiger charge is -2.40.